The summed E-state index contributed by atoms with van der Waals surface area (Å²) in [5.41, 5.74) is 4.83. The van der Waals surface area contributed by atoms with Crippen LogP contribution in [0.15, 0.2) is 54.7 Å². The molecule has 1 atom stereocenters. The largest absolute Gasteiger partial charge is 0.361 e. The number of aromatic amines is 1. The topological polar surface area (TPSA) is 39.3 Å². The van der Waals surface area contributed by atoms with Crippen LogP contribution < -0.4 is 0 Å². The Labute approximate surface area is 159 Å². The number of nitrogens with one attached hydrogen (secondary N) is 1. The van der Waals surface area contributed by atoms with Gasteiger partial charge in [-0.05, 0) is 54.0 Å². The van der Waals surface area contributed by atoms with E-state index in [0.29, 0.717) is 6.04 Å². The molecule has 4 heteroatoms. The molecule has 0 bridgehead atoms. The molecule has 138 valence electrons. The van der Waals surface area contributed by atoms with E-state index in [4.69, 9.17) is 0 Å². The number of benzene rings is 2. The summed E-state index contributed by atoms with van der Waals surface area (Å²) in [6, 6.07) is 17.4. The van der Waals surface area contributed by atoms with E-state index in [1.807, 2.05) is 35.4 Å². The zero-order chi connectivity index (χ0) is 18.2. The van der Waals surface area contributed by atoms with Gasteiger partial charge in [0.1, 0.15) is 0 Å². The number of carbonyl (C=O) groups is 1. The van der Waals surface area contributed by atoms with Crippen LogP contribution in [0.1, 0.15) is 27.9 Å². The number of hydrogen-bond donors (Lipinski definition) is 1. The Morgan fingerprint density at radius 3 is 2.63 bits per heavy atom. The molecule has 1 N–H and O–H groups in total. The van der Waals surface area contributed by atoms with Crippen LogP contribution in [0.3, 0.4) is 0 Å². The molecule has 2 heterocycles. The first-order chi connectivity index (χ1) is 13.3. The molecule has 3 aromatic rings. The van der Waals surface area contributed by atoms with Gasteiger partial charge in [-0.25, -0.2) is 0 Å². The Hall–Kier alpha value is -2.59. The SMILES string of the molecule is O=C(c1ccc2cc[nH]c2c1)N1CCN(C2CCc3ccccc3C2)CC1. The van der Waals surface area contributed by atoms with Crippen molar-refractivity contribution in [1.29, 1.82) is 0 Å². The molecular weight excluding hydrogens is 334 g/mol. The highest BCUT2D eigenvalue weighted by molar-refractivity contribution is 5.98. The van der Waals surface area contributed by atoms with Crippen LogP contribution in [0.5, 0.6) is 0 Å². The fraction of sp³-hybridized carbons (Fsp3) is 0.348. The minimum atomic E-state index is 0.153. The first-order valence-electron chi connectivity index (χ1n) is 9.95. The molecule has 0 spiro atoms. The third-order valence-electron chi connectivity index (χ3n) is 6.24. The zero-order valence-corrected chi connectivity index (χ0v) is 15.5. The molecule has 1 amide bonds. The van der Waals surface area contributed by atoms with E-state index in [1.165, 1.54) is 24.0 Å². The maximum atomic E-state index is 12.9. The summed E-state index contributed by atoms with van der Waals surface area (Å²) in [6.45, 7) is 3.59. The number of aromatic nitrogens is 1. The van der Waals surface area contributed by atoms with Crippen molar-refractivity contribution in [2.24, 2.45) is 0 Å². The molecule has 27 heavy (non-hydrogen) atoms. The molecule has 4 nitrogen and oxygen atoms in total. The van der Waals surface area contributed by atoms with E-state index in [1.54, 1.807) is 0 Å². The number of H-pyrrole nitrogens is 1. The Balaban J connectivity index is 1.23. The van der Waals surface area contributed by atoms with Gasteiger partial charge >= 0.3 is 0 Å². The Bertz CT molecular complexity index is 968. The van der Waals surface area contributed by atoms with Gasteiger partial charge in [0.15, 0.2) is 0 Å². The maximum absolute atomic E-state index is 12.9. The lowest BCUT2D eigenvalue weighted by Gasteiger charge is -2.41. The Morgan fingerprint density at radius 2 is 1.78 bits per heavy atom. The fourth-order valence-corrected chi connectivity index (χ4v) is 4.64. The van der Waals surface area contributed by atoms with E-state index in [0.717, 1.165) is 49.1 Å². The number of carbonyl (C=O) groups excluding carboxylic acids is 1. The smallest absolute Gasteiger partial charge is 0.254 e. The lowest BCUT2D eigenvalue weighted by molar-refractivity contribution is 0.0553. The number of nitrogens with zero attached hydrogens (tertiary/aromatic N) is 2. The van der Waals surface area contributed by atoms with E-state index in [-0.39, 0.29) is 5.91 Å². The number of aryl methyl sites for hydroxylation is 1. The second-order valence-electron chi connectivity index (χ2n) is 7.77. The molecule has 1 aliphatic heterocycles. The lowest BCUT2D eigenvalue weighted by Crippen LogP contribution is -2.53. The Morgan fingerprint density at radius 1 is 0.963 bits per heavy atom. The third kappa shape index (κ3) is 3.15. The summed E-state index contributed by atoms with van der Waals surface area (Å²) in [5.74, 6) is 0.153. The Kier molecular flexibility index (Phi) is 4.21. The van der Waals surface area contributed by atoms with Crippen molar-refractivity contribution in [3.05, 3.63) is 71.4 Å². The number of amides is 1. The average Bonchev–Trinajstić information content (AvgIpc) is 3.21. The standard InChI is InChI=1S/C23H25N3O/c27-23(20-6-5-18-9-10-24-22(18)16-20)26-13-11-25(12-14-26)21-8-7-17-3-1-2-4-19(17)15-21/h1-6,9-10,16,21,24H,7-8,11-15H2. The molecule has 1 fully saturated rings. The van der Waals surface area contributed by atoms with Crippen molar-refractivity contribution in [1.82, 2.24) is 14.8 Å². The summed E-state index contributed by atoms with van der Waals surface area (Å²) in [6.07, 6.45) is 5.47. The fourth-order valence-electron chi connectivity index (χ4n) is 4.64. The molecule has 5 rings (SSSR count). The molecule has 1 aromatic heterocycles. The van der Waals surface area contributed by atoms with Crippen LogP contribution in [0.4, 0.5) is 0 Å². The van der Waals surface area contributed by atoms with Crippen molar-refractivity contribution < 1.29 is 4.79 Å². The van der Waals surface area contributed by atoms with Gasteiger partial charge in [-0.1, -0.05) is 30.3 Å². The van der Waals surface area contributed by atoms with Crippen LogP contribution in [0, 0.1) is 0 Å². The van der Waals surface area contributed by atoms with Crippen LogP contribution in [0.25, 0.3) is 10.9 Å². The predicted molar refractivity (Wildman–Crippen MR) is 108 cm³/mol. The quantitative estimate of drug-likeness (QED) is 0.761. The van der Waals surface area contributed by atoms with Crippen molar-refractivity contribution in [2.75, 3.05) is 26.2 Å². The van der Waals surface area contributed by atoms with Gasteiger partial charge < -0.3 is 9.88 Å². The lowest BCUT2D eigenvalue weighted by atomic mass is 9.87. The van der Waals surface area contributed by atoms with E-state index in [2.05, 4.69) is 34.1 Å². The summed E-state index contributed by atoms with van der Waals surface area (Å²) >= 11 is 0. The molecule has 2 aliphatic rings. The van der Waals surface area contributed by atoms with Gasteiger partial charge in [-0.15, -0.1) is 0 Å². The van der Waals surface area contributed by atoms with Crippen molar-refractivity contribution >= 4 is 16.8 Å². The maximum Gasteiger partial charge on any atom is 0.254 e. The summed E-state index contributed by atoms with van der Waals surface area (Å²) in [7, 11) is 0. The van der Waals surface area contributed by atoms with Crippen LogP contribution in [-0.2, 0) is 12.8 Å². The first-order valence-corrected chi connectivity index (χ1v) is 9.95. The highest BCUT2D eigenvalue weighted by atomic mass is 16.2. The molecule has 1 aliphatic carbocycles. The van der Waals surface area contributed by atoms with Gasteiger partial charge in [0.05, 0.1) is 0 Å². The number of piperazine rings is 1. The molecular formula is C23H25N3O. The summed E-state index contributed by atoms with van der Waals surface area (Å²) in [5, 5.41) is 1.15. The van der Waals surface area contributed by atoms with Gasteiger partial charge in [0, 0.05) is 49.5 Å². The van der Waals surface area contributed by atoms with E-state index < -0.39 is 0 Å². The monoisotopic (exact) mass is 359 g/mol. The second-order valence-corrected chi connectivity index (χ2v) is 7.77. The second kappa shape index (κ2) is 6.86. The molecule has 0 radical (unpaired) electrons. The van der Waals surface area contributed by atoms with Crippen LogP contribution in [-0.4, -0.2) is 52.9 Å². The zero-order valence-electron chi connectivity index (χ0n) is 15.5. The molecule has 0 saturated carbocycles. The van der Waals surface area contributed by atoms with E-state index in [9.17, 15) is 4.79 Å². The number of rotatable bonds is 2. The van der Waals surface area contributed by atoms with Gasteiger partial charge in [-0.3, -0.25) is 9.69 Å². The molecule has 1 unspecified atom stereocenters. The third-order valence-corrected chi connectivity index (χ3v) is 6.24. The summed E-state index contributed by atoms with van der Waals surface area (Å²) in [4.78, 5) is 20.7. The van der Waals surface area contributed by atoms with Crippen molar-refractivity contribution in [2.45, 2.75) is 25.3 Å². The van der Waals surface area contributed by atoms with Crippen LogP contribution in [0.2, 0.25) is 0 Å². The van der Waals surface area contributed by atoms with E-state index >= 15 is 0 Å². The minimum Gasteiger partial charge on any atom is -0.361 e. The number of hydrogen-bond acceptors (Lipinski definition) is 2. The minimum absolute atomic E-state index is 0.153. The van der Waals surface area contributed by atoms with Gasteiger partial charge in [0.25, 0.3) is 5.91 Å². The van der Waals surface area contributed by atoms with Crippen molar-refractivity contribution in [3.8, 4) is 0 Å². The van der Waals surface area contributed by atoms with Crippen LogP contribution >= 0.6 is 0 Å². The highest BCUT2D eigenvalue weighted by Gasteiger charge is 2.29. The molecule has 1 saturated heterocycles. The molecule has 2 aromatic carbocycles. The van der Waals surface area contributed by atoms with Gasteiger partial charge in [-0.2, -0.15) is 0 Å². The number of fused-ring (bicyclic) bond motifs is 2. The van der Waals surface area contributed by atoms with Crippen molar-refractivity contribution in [3.63, 3.8) is 0 Å². The highest BCUT2D eigenvalue weighted by Crippen LogP contribution is 2.25. The average molecular weight is 359 g/mol. The first kappa shape index (κ1) is 16.6. The van der Waals surface area contributed by atoms with Gasteiger partial charge in [0.2, 0.25) is 0 Å². The summed E-state index contributed by atoms with van der Waals surface area (Å²) < 4.78 is 0. The predicted octanol–water partition coefficient (Wildman–Crippen LogP) is 3.48. The normalized spacial score (nSPS) is 20.6.